The van der Waals surface area contributed by atoms with Crippen molar-refractivity contribution < 1.29 is 9.53 Å². The molecule has 0 spiro atoms. The van der Waals surface area contributed by atoms with E-state index in [9.17, 15) is 4.79 Å². The van der Waals surface area contributed by atoms with Gasteiger partial charge in [-0.3, -0.25) is 9.69 Å². The van der Waals surface area contributed by atoms with Gasteiger partial charge >= 0.3 is 0 Å². The Kier molecular flexibility index (Phi) is 5.61. The molecule has 5 nitrogen and oxygen atoms in total. The number of carbonyl (C=O) groups excluding carboxylic acids is 1. The van der Waals surface area contributed by atoms with Gasteiger partial charge in [0.2, 0.25) is 5.91 Å². The van der Waals surface area contributed by atoms with Gasteiger partial charge in [-0.25, -0.2) is 0 Å². The van der Waals surface area contributed by atoms with Crippen LogP contribution in [0.2, 0.25) is 0 Å². The molecule has 1 amide bonds. The van der Waals surface area contributed by atoms with E-state index in [0.29, 0.717) is 17.9 Å². The van der Waals surface area contributed by atoms with Crippen LogP contribution in [-0.2, 0) is 11.3 Å². The second-order valence-electron chi connectivity index (χ2n) is 4.21. The van der Waals surface area contributed by atoms with Gasteiger partial charge in [0, 0.05) is 30.9 Å². The molecule has 100 valence electrons. The fourth-order valence-corrected chi connectivity index (χ4v) is 1.63. The number of amides is 1. The fourth-order valence-electron chi connectivity index (χ4n) is 1.63. The Labute approximate surface area is 108 Å². The summed E-state index contributed by atoms with van der Waals surface area (Å²) in [4.78, 5) is 13.1. The molecule has 0 heterocycles. The highest BCUT2D eigenvalue weighted by Crippen LogP contribution is 2.15. The highest BCUT2D eigenvalue weighted by Gasteiger charge is 2.07. The summed E-state index contributed by atoms with van der Waals surface area (Å²) in [6.07, 6.45) is 0. The van der Waals surface area contributed by atoms with Crippen molar-refractivity contribution in [3.8, 4) is 0 Å². The van der Waals surface area contributed by atoms with Crippen LogP contribution in [0, 0.1) is 0 Å². The number of likely N-dealkylation sites (N-methyl/N-ethyl adjacent to an activating group) is 1. The van der Waals surface area contributed by atoms with Gasteiger partial charge in [-0.1, -0.05) is 6.07 Å². The minimum absolute atomic E-state index is 0.438. The molecule has 0 aliphatic heterocycles. The predicted molar refractivity (Wildman–Crippen MR) is 72.2 cm³/mol. The van der Waals surface area contributed by atoms with E-state index in [-0.39, 0.29) is 0 Å². The molecule has 5 heteroatoms. The molecule has 18 heavy (non-hydrogen) atoms. The monoisotopic (exact) mass is 251 g/mol. The number of ether oxygens (including phenoxy) is 1. The van der Waals surface area contributed by atoms with Crippen LogP contribution < -0.4 is 11.5 Å². The first-order valence-electron chi connectivity index (χ1n) is 5.99. The molecule has 0 unspecified atom stereocenters. The topological polar surface area (TPSA) is 81.6 Å². The first-order chi connectivity index (χ1) is 8.54. The number of nitrogen functional groups attached to an aromatic ring is 1. The van der Waals surface area contributed by atoms with Gasteiger partial charge in [0.15, 0.2) is 0 Å². The van der Waals surface area contributed by atoms with Crippen LogP contribution in [0.15, 0.2) is 18.2 Å². The summed E-state index contributed by atoms with van der Waals surface area (Å²) in [6, 6.07) is 5.16. The summed E-state index contributed by atoms with van der Waals surface area (Å²) in [5.41, 5.74) is 13.1. The van der Waals surface area contributed by atoms with Gasteiger partial charge in [0.1, 0.15) is 0 Å². The van der Waals surface area contributed by atoms with Crippen LogP contribution in [0.4, 0.5) is 5.69 Å². The first kappa shape index (κ1) is 14.5. The highest BCUT2D eigenvalue weighted by atomic mass is 16.5. The molecule has 0 saturated carbocycles. The SMILES string of the molecule is CCOCCN(C)Cc1ccc(C(N)=O)cc1N. The zero-order chi connectivity index (χ0) is 13.5. The summed E-state index contributed by atoms with van der Waals surface area (Å²) in [6.45, 7) is 4.96. The lowest BCUT2D eigenvalue weighted by Gasteiger charge is -2.17. The molecule has 0 aromatic heterocycles. The number of nitrogens with zero attached hydrogens (tertiary/aromatic N) is 1. The van der Waals surface area contributed by atoms with Gasteiger partial charge in [0.25, 0.3) is 0 Å². The molecule has 1 aromatic rings. The lowest BCUT2D eigenvalue weighted by molar-refractivity contribution is 0.100. The van der Waals surface area contributed by atoms with E-state index in [1.54, 1.807) is 12.1 Å². The maximum absolute atomic E-state index is 11.0. The van der Waals surface area contributed by atoms with Crippen molar-refractivity contribution >= 4 is 11.6 Å². The number of nitrogens with two attached hydrogens (primary N) is 2. The van der Waals surface area contributed by atoms with Crippen LogP contribution in [-0.4, -0.2) is 37.6 Å². The van der Waals surface area contributed by atoms with Crippen molar-refractivity contribution in [3.05, 3.63) is 29.3 Å². The molecule has 0 bridgehead atoms. The van der Waals surface area contributed by atoms with Gasteiger partial charge < -0.3 is 16.2 Å². The Bertz CT molecular complexity index is 407. The van der Waals surface area contributed by atoms with Gasteiger partial charge in [-0.2, -0.15) is 0 Å². The van der Waals surface area contributed by atoms with Gasteiger partial charge in [0.05, 0.1) is 6.61 Å². The summed E-state index contributed by atoms with van der Waals surface area (Å²) in [7, 11) is 2.00. The van der Waals surface area contributed by atoms with Crippen LogP contribution in [0.25, 0.3) is 0 Å². The van der Waals surface area contributed by atoms with E-state index in [2.05, 4.69) is 4.90 Å². The third-order valence-electron chi connectivity index (χ3n) is 2.69. The minimum atomic E-state index is -0.460. The van der Waals surface area contributed by atoms with E-state index in [0.717, 1.165) is 25.3 Å². The predicted octanol–water partition coefficient (Wildman–Crippen LogP) is 0.836. The molecule has 0 atom stereocenters. The van der Waals surface area contributed by atoms with Crippen LogP contribution >= 0.6 is 0 Å². The van der Waals surface area contributed by atoms with E-state index in [1.807, 2.05) is 20.0 Å². The quantitative estimate of drug-likeness (QED) is 0.555. The second kappa shape index (κ2) is 6.98. The van der Waals surface area contributed by atoms with E-state index in [1.165, 1.54) is 0 Å². The van der Waals surface area contributed by atoms with Crippen molar-refractivity contribution in [3.63, 3.8) is 0 Å². The Morgan fingerprint density at radius 2 is 2.17 bits per heavy atom. The maximum atomic E-state index is 11.0. The van der Waals surface area contributed by atoms with Crippen LogP contribution in [0.5, 0.6) is 0 Å². The molecule has 0 aliphatic rings. The number of hydrogen-bond acceptors (Lipinski definition) is 4. The highest BCUT2D eigenvalue weighted by molar-refractivity contribution is 5.93. The normalized spacial score (nSPS) is 10.8. The number of anilines is 1. The Balaban J connectivity index is 2.59. The summed E-state index contributed by atoms with van der Waals surface area (Å²) >= 11 is 0. The standard InChI is InChI=1S/C13H21N3O2/c1-3-18-7-6-16(2)9-11-5-4-10(13(15)17)8-12(11)14/h4-5,8H,3,6-7,9,14H2,1-2H3,(H2,15,17). The zero-order valence-electron chi connectivity index (χ0n) is 11.0. The lowest BCUT2D eigenvalue weighted by atomic mass is 10.1. The zero-order valence-corrected chi connectivity index (χ0v) is 11.0. The smallest absolute Gasteiger partial charge is 0.248 e. The number of rotatable bonds is 7. The van der Waals surface area contributed by atoms with Crippen molar-refractivity contribution in [2.24, 2.45) is 5.73 Å². The van der Waals surface area contributed by atoms with Gasteiger partial charge in [-0.15, -0.1) is 0 Å². The second-order valence-corrected chi connectivity index (χ2v) is 4.21. The Morgan fingerprint density at radius 1 is 1.44 bits per heavy atom. The molecule has 1 rings (SSSR count). The molecule has 0 saturated heterocycles. The Morgan fingerprint density at radius 3 is 2.72 bits per heavy atom. The number of hydrogen-bond donors (Lipinski definition) is 2. The Hall–Kier alpha value is -1.59. The first-order valence-corrected chi connectivity index (χ1v) is 5.99. The molecular formula is C13H21N3O2. The van der Waals surface area contributed by atoms with E-state index < -0.39 is 5.91 Å². The third-order valence-corrected chi connectivity index (χ3v) is 2.69. The van der Waals surface area contributed by atoms with E-state index >= 15 is 0 Å². The van der Waals surface area contributed by atoms with Crippen molar-refractivity contribution in [1.82, 2.24) is 4.90 Å². The number of benzene rings is 1. The van der Waals surface area contributed by atoms with Crippen LogP contribution in [0.3, 0.4) is 0 Å². The summed E-state index contributed by atoms with van der Waals surface area (Å²) in [5.74, 6) is -0.460. The van der Waals surface area contributed by atoms with Crippen molar-refractivity contribution in [2.45, 2.75) is 13.5 Å². The molecule has 0 radical (unpaired) electrons. The average molecular weight is 251 g/mol. The summed E-state index contributed by atoms with van der Waals surface area (Å²) < 4.78 is 5.29. The van der Waals surface area contributed by atoms with Crippen molar-refractivity contribution in [2.75, 3.05) is 32.5 Å². The number of primary amides is 1. The van der Waals surface area contributed by atoms with Crippen LogP contribution in [0.1, 0.15) is 22.8 Å². The largest absolute Gasteiger partial charge is 0.398 e. The van der Waals surface area contributed by atoms with E-state index in [4.69, 9.17) is 16.2 Å². The minimum Gasteiger partial charge on any atom is -0.398 e. The molecular weight excluding hydrogens is 230 g/mol. The molecule has 1 aromatic carbocycles. The third kappa shape index (κ3) is 4.35. The fraction of sp³-hybridized carbons (Fsp3) is 0.462. The molecule has 0 aliphatic carbocycles. The summed E-state index contributed by atoms with van der Waals surface area (Å²) in [5, 5.41) is 0. The number of carbonyl (C=O) groups is 1. The lowest BCUT2D eigenvalue weighted by Crippen LogP contribution is -2.23. The maximum Gasteiger partial charge on any atom is 0.248 e. The average Bonchev–Trinajstić information content (AvgIpc) is 2.32. The molecule has 0 fully saturated rings. The molecule has 4 N–H and O–H groups in total. The van der Waals surface area contributed by atoms with Gasteiger partial charge in [-0.05, 0) is 31.7 Å². The van der Waals surface area contributed by atoms with Crippen molar-refractivity contribution in [1.29, 1.82) is 0 Å².